The van der Waals surface area contributed by atoms with E-state index in [-0.39, 0.29) is 0 Å². The van der Waals surface area contributed by atoms with Crippen molar-refractivity contribution in [1.82, 2.24) is 9.55 Å². The normalized spacial score (nSPS) is 11.1. The molecule has 0 aliphatic carbocycles. The molecule has 0 radical (unpaired) electrons. The standard InChI is InChI=1S/C19H23N3O/c1-14(2)12-13-22-17-10-6-4-8-15(17)20-19(22)21-16-9-5-7-11-18(16)23-3/h4-11,14H,12-13H2,1-3H3,(H,20,21). The lowest BCUT2D eigenvalue weighted by atomic mass is 10.1. The van der Waals surface area contributed by atoms with E-state index in [1.165, 1.54) is 0 Å². The Labute approximate surface area is 137 Å². The van der Waals surface area contributed by atoms with Crippen LogP contribution < -0.4 is 10.1 Å². The van der Waals surface area contributed by atoms with Gasteiger partial charge in [0.15, 0.2) is 0 Å². The summed E-state index contributed by atoms with van der Waals surface area (Å²) in [7, 11) is 1.68. The van der Waals surface area contributed by atoms with Crippen LogP contribution in [0.4, 0.5) is 11.6 Å². The molecule has 2 aromatic carbocycles. The highest BCUT2D eigenvalue weighted by Gasteiger charge is 2.12. The van der Waals surface area contributed by atoms with Gasteiger partial charge in [0, 0.05) is 6.54 Å². The molecule has 23 heavy (non-hydrogen) atoms. The third-order valence-electron chi connectivity index (χ3n) is 3.94. The van der Waals surface area contributed by atoms with Crippen LogP contribution in [-0.4, -0.2) is 16.7 Å². The molecule has 0 saturated carbocycles. The Morgan fingerprint density at radius 1 is 1.09 bits per heavy atom. The van der Waals surface area contributed by atoms with Crippen molar-refractivity contribution in [3.63, 3.8) is 0 Å². The average molecular weight is 309 g/mol. The number of rotatable bonds is 6. The third-order valence-corrected chi connectivity index (χ3v) is 3.94. The first-order valence-corrected chi connectivity index (χ1v) is 8.04. The monoisotopic (exact) mass is 309 g/mol. The van der Waals surface area contributed by atoms with Crippen molar-refractivity contribution in [3.8, 4) is 5.75 Å². The van der Waals surface area contributed by atoms with Crippen LogP contribution in [-0.2, 0) is 6.54 Å². The van der Waals surface area contributed by atoms with Crippen LogP contribution in [0.25, 0.3) is 11.0 Å². The number of methoxy groups -OCH3 is 1. The molecule has 4 nitrogen and oxygen atoms in total. The van der Waals surface area contributed by atoms with E-state index >= 15 is 0 Å². The number of benzene rings is 2. The van der Waals surface area contributed by atoms with Gasteiger partial charge in [-0.1, -0.05) is 38.1 Å². The van der Waals surface area contributed by atoms with E-state index in [9.17, 15) is 0 Å². The van der Waals surface area contributed by atoms with E-state index in [2.05, 4.69) is 41.9 Å². The smallest absolute Gasteiger partial charge is 0.208 e. The molecule has 3 rings (SSSR count). The lowest BCUT2D eigenvalue weighted by Crippen LogP contribution is -2.06. The van der Waals surface area contributed by atoms with Gasteiger partial charge in [0.05, 0.1) is 23.8 Å². The zero-order valence-corrected chi connectivity index (χ0v) is 13.9. The third kappa shape index (κ3) is 3.31. The summed E-state index contributed by atoms with van der Waals surface area (Å²) in [5.74, 6) is 2.32. The maximum Gasteiger partial charge on any atom is 0.208 e. The topological polar surface area (TPSA) is 39.1 Å². The average Bonchev–Trinajstić information content (AvgIpc) is 2.90. The molecule has 1 heterocycles. The first kappa shape index (κ1) is 15.4. The number of nitrogens with zero attached hydrogens (tertiary/aromatic N) is 2. The molecule has 0 spiro atoms. The summed E-state index contributed by atoms with van der Waals surface area (Å²) in [5.41, 5.74) is 3.09. The quantitative estimate of drug-likeness (QED) is 0.708. The number of aromatic nitrogens is 2. The van der Waals surface area contributed by atoms with Gasteiger partial charge in [-0.3, -0.25) is 0 Å². The van der Waals surface area contributed by atoms with Crippen LogP contribution in [0.2, 0.25) is 0 Å². The fourth-order valence-electron chi connectivity index (χ4n) is 2.65. The number of aryl methyl sites for hydroxylation is 1. The van der Waals surface area contributed by atoms with Gasteiger partial charge in [-0.15, -0.1) is 0 Å². The molecule has 0 amide bonds. The number of imidazole rings is 1. The zero-order valence-electron chi connectivity index (χ0n) is 13.9. The number of anilines is 2. The van der Waals surface area contributed by atoms with Crippen molar-refractivity contribution < 1.29 is 4.74 Å². The van der Waals surface area contributed by atoms with Gasteiger partial charge in [0.25, 0.3) is 0 Å². The van der Waals surface area contributed by atoms with E-state index < -0.39 is 0 Å². The van der Waals surface area contributed by atoms with Crippen molar-refractivity contribution in [2.45, 2.75) is 26.8 Å². The van der Waals surface area contributed by atoms with Crippen molar-refractivity contribution in [2.75, 3.05) is 12.4 Å². The summed E-state index contributed by atoms with van der Waals surface area (Å²) < 4.78 is 7.68. The second-order valence-electron chi connectivity index (χ2n) is 6.08. The molecule has 3 aromatic rings. The second-order valence-corrected chi connectivity index (χ2v) is 6.08. The second kappa shape index (κ2) is 6.73. The molecular weight excluding hydrogens is 286 g/mol. The largest absolute Gasteiger partial charge is 0.495 e. The first-order chi connectivity index (χ1) is 11.2. The molecule has 0 aliphatic heterocycles. The van der Waals surface area contributed by atoms with Crippen molar-refractivity contribution in [1.29, 1.82) is 0 Å². The number of nitrogens with one attached hydrogen (secondary N) is 1. The highest BCUT2D eigenvalue weighted by molar-refractivity contribution is 5.80. The van der Waals surface area contributed by atoms with Crippen molar-refractivity contribution >= 4 is 22.7 Å². The van der Waals surface area contributed by atoms with E-state index in [1.54, 1.807) is 7.11 Å². The molecule has 0 bridgehead atoms. The molecule has 120 valence electrons. The van der Waals surface area contributed by atoms with Gasteiger partial charge in [-0.05, 0) is 36.6 Å². The van der Waals surface area contributed by atoms with Gasteiger partial charge in [-0.2, -0.15) is 0 Å². The van der Waals surface area contributed by atoms with Crippen molar-refractivity contribution in [2.24, 2.45) is 5.92 Å². The van der Waals surface area contributed by atoms with Gasteiger partial charge in [-0.25, -0.2) is 4.98 Å². The Morgan fingerprint density at radius 2 is 1.83 bits per heavy atom. The Balaban J connectivity index is 2.00. The Kier molecular flexibility index (Phi) is 4.51. The fraction of sp³-hybridized carbons (Fsp3) is 0.316. The molecule has 0 atom stereocenters. The highest BCUT2D eigenvalue weighted by atomic mass is 16.5. The first-order valence-electron chi connectivity index (χ1n) is 8.04. The SMILES string of the molecule is COc1ccccc1Nc1nc2ccccc2n1CCC(C)C. The number of para-hydroxylation sites is 4. The summed E-state index contributed by atoms with van der Waals surface area (Å²) >= 11 is 0. The predicted octanol–water partition coefficient (Wildman–Crippen LogP) is 4.83. The molecule has 0 unspecified atom stereocenters. The van der Waals surface area contributed by atoms with Gasteiger partial charge >= 0.3 is 0 Å². The Hall–Kier alpha value is -2.49. The maximum atomic E-state index is 5.43. The van der Waals surface area contributed by atoms with Crippen molar-refractivity contribution in [3.05, 3.63) is 48.5 Å². The summed E-state index contributed by atoms with van der Waals surface area (Å²) in [6, 6.07) is 16.2. The van der Waals surface area contributed by atoms with Crippen LogP contribution >= 0.6 is 0 Å². The van der Waals surface area contributed by atoms with Crippen LogP contribution in [0.5, 0.6) is 5.75 Å². The van der Waals surface area contributed by atoms with E-state index in [0.29, 0.717) is 5.92 Å². The molecule has 0 aliphatic rings. The fourth-order valence-corrected chi connectivity index (χ4v) is 2.65. The van der Waals surface area contributed by atoms with Crippen LogP contribution in [0, 0.1) is 5.92 Å². The maximum absolute atomic E-state index is 5.43. The summed E-state index contributed by atoms with van der Waals surface area (Å²) in [6.45, 7) is 5.43. The summed E-state index contributed by atoms with van der Waals surface area (Å²) in [4.78, 5) is 4.76. The van der Waals surface area contributed by atoms with Crippen LogP contribution in [0.15, 0.2) is 48.5 Å². The molecule has 0 saturated heterocycles. The van der Waals surface area contributed by atoms with E-state index in [1.807, 2.05) is 30.3 Å². The van der Waals surface area contributed by atoms with Crippen LogP contribution in [0.1, 0.15) is 20.3 Å². The minimum atomic E-state index is 0.648. The highest BCUT2D eigenvalue weighted by Crippen LogP contribution is 2.29. The number of ether oxygens (including phenoxy) is 1. The van der Waals surface area contributed by atoms with E-state index in [0.717, 1.165) is 41.4 Å². The van der Waals surface area contributed by atoms with Gasteiger partial charge < -0.3 is 14.6 Å². The predicted molar refractivity (Wildman–Crippen MR) is 95.5 cm³/mol. The van der Waals surface area contributed by atoms with E-state index in [4.69, 9.17) is 9.72 Å². The lowest BCUT2D eigenvalue weighted by molar-refractivity contribution is 0.416. The van der Waals surface area contributed by atoms with Gasteiger partial charge in [0.2, 0.25) is 5.95 Å². The summed E-state index contributed by atoms with van der Waals surface area (Å²) in [6.07, 6.45) is 1.11. The minimum Gasteiger partial charge on any atom is -0.495 e. The number of hydrogen-bond acceptors (Lipinski definition) is 3. The molecular formula is C19H23N3O. The molecule has 1 aromatic heterocycles. The molecule has 4 heteroatoms. The molecule has 1 N–H and O–H groups in total. The lowest BCUT2D eigenvalue weighted by Gasteiger charge is -2.14. The minimum absolute atomic E-state index is 0.648. The zero-order chi connectivity index (χ0) is 16.2. The Morgan fingerprint density at radius 3 is 2.61 bits per heavy atom. The molecule has 0 fully saturated rings. The number of hydrogen-bond donors (Lipinski definition) is 1. The number of fused-ring (bicyclic) bond motifs is 1. The summed E-state index contributed by atoms with van der Waals surface area (Å²) in [5, 5.41) is 3.43. The Bertz CT molecular complexity index is 792. The van der Waals surface area contributed by atoms with Gasteiger partial charge in [0.1, 0.15) is 5.75 Å². The van der Waals surface area contributed by atoms with Crippen LogP contribution in [0.3, 0.4) is 0 Å².